The highest BCUT2D eigenvalue weighted by atomic mass is 31.2. The second-order valence-electron chi connectivity index (χ2n) is 8.37. The van der Waals surface area contributed by atoms with Crippen LogP contribution in [0, 0.1) is 5.92 Å². The van der Waals surface area contributed by atoms with Gasteiger partial charge < -0.3 is 20.2 Å². The maximum Gasteiger partial charge on any atom is 0.335 e. The van der Waals surface area contributed by atoms with Crippen molar-refractivity contribution in [2.24, 2.45) is 5.92 Å². The predicted molar refractivity (Wildman–Crippen MR) is 148 cm³/mol. The first kappa shape index (κ1) is 29.7. The highest BCUT2D eigenvalue weighted by Crippen LogP contribution is 2.37. The van der Waals surface area contributed by atoms with Crippen LogP contribution < -0.4 is 10.6 Å². The van der Waals surface area contributed by atoms with E-state index in [9.17, 15) is 24.5 Å². The number of benzene rings is 4. The van der Waals surface area contributed by atoms with Gasteiger partial charge >= 0.3 is 5.97 Å². The fourth-order valence-corrected chi connectivity index (χ4v) is 4.66. The van der Waals surface area contributed by atoms with Gasteiger partial charge in [0, 0.05) is 16.5 Å². The molecule has 7 heteroatoms. The van der Waals surface area contributed by atoms with Gasteiger partial charge in [0.25, 0.3) is 7.37 Å². The Kier molecular flexibility index (Phi) is 11.9. The first-order chi connectivity index (χ1) is 17.6. The van der Waals surface area contributed by atoms with Crippen LogP contribution >= 0.6 is 7.37 Å². The normalized spacial score (nSPS) is 13.0. The third kappa shape index (κ3) is 9.45. The molecule has 0 heterocycles. The number of aromatic carboxylic acids is 1. The molecule has 4 N–H and O–H groups in total. The second-order valence-corrected chi connectivity index (χ2v) is 10.6. The van der Waals surface area contributed by atoms with Crippen molar-refractivity contribution in [1.82, 2.24) is 0 Å². The van der Waals surface area contributed by atoms with E-state index in [0.717, 1.165) is 5.56 Å². The van der Waals surface area contributed by atoms with Crippen LogP contribution in [0.3, 0.4) is 0 Å². The lowest BCUT2D eigenvalue weighted by Crippen LogP contribution is -2.20. The fourth-order valence-electron chi connectivity index (χ4n) is 3.21. The van der Waals surface area contributed by atoms with Gasteiger partial charge in [0.15, 0.2) is 0 Å². The summed E-state index contributed by atoms with van der Waals surface area (Å²) in [5, 5.41) is 28.4. The molecule has 4 aromatic rings. The Morgan fingerprint density at radius 3 is 1.32 bits per heavy atom. The zero-order valence-corrected chi connectivity index (χ0v) is 21.7. The maximum atomic E-state index is 12.2. The van der Waals surface area contributed by atoms with Gasteiger partial charge in [0.05, 0.1) is 17.8 Å². The minimum Gasteiger partial charge on any atom is -0.478 e. The largest absolute Gasteiger partial charge is 0.478 e. The highest BCUT2D eigenvalue weighted by molar-refractivity contribution is 7.73. The number of carboxylic acids is 1. The van der Waals surface area contributed by atoms with E-state index in [4.69, 9.17) is 5.11 Å². The first-order valence-corrected chi connectivity index (χ1v) is 13.4. The topological polar surface area (TPSA) is 115 Å². The molecule has 4 rings (SSSR count). The Morgan fingerprint density at radius 1 is 0.649 bits per heavy atom. The Bertz CT molecular complexity index is 1190. The van der Waals surface area contributed by atoms with Gasteiger partial charge in [-0.15, -0.1) is 0 Å². The van der Waals surface area contributed by atoms with E-state index in [2.05, 4.69) is 0 Å². The van der Waals surface area contributed by atoms with Crippen molar-refractivity contribution in [3.8, 4) is 0 Å². The van der Waals surface area contributed by atoms with E-state index in [1.807, 2.05) is 49.4 Å². The number of carbonyl (C=O) groups is 1. The average Bonchev–Trinajstić information content (AvgIpc) is 2.95. The van der Waals surface area contributed by atoms with Gasteiger partial charge in [0.2, 0.25) is 0 Å². The molecule has 0 aromatic heterocycles. The maximum absolute atomic E-state index is 12.2. The van der Waals surface area contributed by atoms with Crippen LogP contribution in [0.15, 0.2) is 121 Å². The number of aliphatic hydroxyl groups is 2. The van der Waals surface area contributed by atoms with Gasteiger partial charge in [-0.05, 0) is 48.9 Å². The monoisotopic (exact) mass is 520 g/mol. The second kappa shape index (κ2) is 14.9. The van der Waals surface area contributed by atoms with E-state index in [1.165, 1.54) is 0 Å². The van der Waals surface area contributed by atoms with E-state index in [-0.39, 0.29) is 5.92 Å². The van der Waals surface area contributed by atoms with Gasteiger partial charge in [-0.3, -0.25) is 4.57 Å². The van der Waals surface area contributed by atoms with Crippen molar-refractivity contribution in [2.75, 3.05) is 0 Å². The zero-order valence-electron chi connectivity index (χ0n) is 20.8. The number of carboxylic acid groups (broad SMARTS) is 1. The molecule has 0 fully saturated rings. The molecule has 0 saturated carbocycles. The molecular weight excluding hydrogens is 487 g/mol. The Hall–Kier alpha value is -3.54. The van der Waals surface area contributed by atoms with Crippen LogP contribution in [-0.4, -0.2) is 32.3 Å². The lowest BCUT2D eigenvalue weighted by Gasteiger charge is -2.21. The molecule has 4 aromatic carbocycles. The molecule has 0 aliphatic rings. The molecule has 3 unspecified atom stereocenters. The summed E-state index contributed by atoms with van der Waals surface area (Å²) in [6, 6.07) is 35.1. The summed E-state index contributed by atoms with van der Waals surface area (Å²) in [6.07, 6.45) is -1.07. The van der Waals surface area contributed by atoms with Crippen molar-refractivity contribution in [3.63, 3.8) is 0 Å². The predicted octanol–water partition coefficient (Wildman–Crippen LogP) is 5.03. The van der Waals surface area contributed by atoms with Crippen LogP contribution in [0.2, 0.25) is 0 Å². The zero-order chi connectivity index (χ0) is 27.3. The summed E-state index contributed by atoms with van der Waals surface area (Å²) < 4.78 is 12.2. The van der Waals surface area contributed by atoms with Crippen LogP contribution in [0.4, 0.5) is 0 Å². The quantitative estimate of drug-likeness (QED) is 0.265. The lowest BCUT2D eigenvalue weighted by atomic mass is 9.93. The van der Waals surface area contributed by atoms with E-state index >= 15 is 0 Å². The molecular formula is C30H33O6P. The standard InChI is InChI=1S/C12H11O2P.C11H16O2.C7H6O2/c13-15(14,11-7-3-1-4-8-11)12-9-5-2-6-10-12;1-8(9(2)12)11(13)10-6-4-3-5-7-10;8-7(9)6-4-2-1-3-5-6/h1-10H,(H,13,14);3-9,11-13H,1-2H3;1-5H,(H,8,9). The van der Waals surface area contributed by atoms with Gasteiger partial charge in [-0.1, -0.05) is 91.9 Å². The van der Waals surface area contributed by atoms with Crippen molar-refractivity contribution >= 4 is 23.9 Å². The van der Waals surface area contributed by atoms with Crippen LogP contribution in [0.25, 0.3) is 0 Å². The number of rotatable bonds is 6. The van der Waals surface area contributed by atoms with Crippen molar-refractivity contribution in [1.29, 1.82) is 0 Å². The number of aliphatic hydroxyl groups excluding tert-OH is 2. The third-order valence-corrected chi connectivity index (χ3v) is 7.63. The molecule has 0 spiro atoms. The van der Waals surface area contributed by atoms with E-state index < -0.39 is 25.5 Å². The molecule has 0 amide bonds. The Balaban J connectivity index is 0.000000201. The van der Waals surface area contributed by atoms with Crippen LogP contribution in [0.5, 0.6) is 0 Å². The molecule has 0 aliphatic carbocycles. The molecule has 194 valence electrons. The van der Waals surface area contributed by atoms with E-state index in [1.54, 1.807) is 85.8 Å². The number of hydrogen-bond acceptors (Lipinski definition) is 4. The average molecular weight is 521 g/mol. The van der Waals surface area contributed by atoms with Gasteiger partial charge in [-0.2, -0.15) is 0 Å². The van der Waals surface area contributed by atoms with Crippen molar-refractivity contribution in [3.05, 3.63) is 132 Å². The summed E-state index contributed by atoms with van der Waals surface area (Å²) in [5.74, 6) is -1.02. The van der Waals surface area contributed by atoms with Crippen molar-refractivity contribution in [2.45, 2.75) is 26.1 Å². The SMILES string of the molecule is CC(O)C(C)C(O)c1ccccc1.O=C(O)c1ccccc1.O=P(O)(c1ccccc1)c1ccccc1. The summed E-state index contributed by atoms with van der Waals surface area (Å²) in [4.78, 5) is 20.2. The summed E-state index contributed by atoms with van der Waals surface area (Å²) in [6.45, 7) is 3.53. The smallest absolute Gasteiger partial charge is 0.335 e. The summed E-state index contributed by atoms with van der Waals surface area (Å²) in [7, 11) is -3.40. The minimum absolute atomic E-state index is 0.137. The molecule has 37 heavy (non-hydrogen) atoms. The first-order valence-electron chi connectivity index (χ1n) is 11.8. The van der Waals surface area contributed by atoms with Crippen LogP contribution in [-0.2, 0) is 4.57 Å². The summed E-state index contributed by atoms with van der Waals surface area (Å²) in [5.41, 5.74) is 1.19. The Labute approximate surface area is 218 Å². The molecule has 0 bridgehead atoms. The lowest BCUT2D eigenvalue weighted by molar-refractivity contribution is 0.0307. The van der Waals surface area contributed by atoms with E-state index in [0.29, 0.717) is 16.2 Å². The minimum atomic E-state index is -3.40. The molecule has 6 nitrogen and oxygen atoms in total. The molecule has 0 saturated heterocycles. The molecule has 0 radical (unpaired) electrons. The van der Waals surface area contributed by atoms with Crippen LogP contribution in [0.1, 0.15) is 35.9 Å². The fraction of sp³-hybridized carbons (Fsp3) is 0.167. The molecule has 0 aliphatic heterocycles. The summed E-state index contributed by atoms with van der Waals surface area (Å²) >= 11 is 0. The number of hydrogen-bond donors (Lipinski definition) is 4. The van der Waals surface area contributed by atoms with Gasteiger partial charge in [-0.25, -0.2) is 4.79 Å². The third-order valence-electron chi connectivity index (χ3n) is 5.63. The Morgan fingerprint density at radius 2 is 1.00 bits per heavy atom. The van der Waals surface area contributed by atoms with Crippen molar-refractivity contribution < 1.29 is 29.6 Å². The van der Waals surface area contributed by atoms with Gasteiger partial charge in [0.1, 0.15) is 0 Å². The molecule has 3 atom stereocenters. The highest BCUT2D eigenvalue weighted by Gasteiger charge is 2.23.